The monoisotopic (exact) mass is 310 g/mol. The van der Waals surface area contributed by atoms with Crippen LogP contribution in [0.5, 0.6) is 11.6 Å². The van der Waals surface area contributed by atoms with Crippen LogP contribution in [0.25, 0.3) is 10.9 Å². The van der Waals surface area contributed by atoms with E-state index in [-0.39, 0.29) is 12.4 Å². The normalized spacial score (nSPS) is 11.6. The molecule has 8 heteroatoms. The summed E-state index contributed by atoms with van der Waals surface area (Å²) >= 11 is 0. The Labute approximate surface area is 122 Å². The van der Waals surface area contributed by atoms with Gasteiger partial charge in [0.2, 0.25) is 5.88 Å². The van der Waals surface area contributed by atoms with E-state index in [9.17, 15) is 13.2 Å². The molecule has 3 aromatic rings. The predicted octanol–water partition coefficient (Wildman–Crippen LogP) is 3.70. The fourth-order valence-corrected chi connectivity index (χ4v) is 1.82. The van der Waals surface area contributed by atoms with Gasteiger partial charge >= 0.3 is 6.36 Å². The molecule has 0 aliphatic carbocycles. The number of fused-ring (bicyclic) bond motifs is 1. The maximum atomic E-state index is 12.2. The van der Waals surface area contributed by atoms with E-state index in [2.05, 4.69) is 14.7 Å². The molecule has 3 rings (SSSR count). The zero-order valence-electron chi connectivity index (χ0n) is 11.0. The van der Waals surface area contributed by atoms with Crippen molar-refractivity contribution >= 4 is 10.9 Å². The van der Waals surface area contributed by atoms with Crippen LogP contribution < -0.4 is 9.47 Å². The van der Waals surface area contributed by atoms with Crippen molar-refractivity contribution < 1.29 is 27.1 Å². The van der Waals surface area contributed by atoms with Crippen LogP contribution in [0, 0.1) is 0 Å². The van der Waals surface area contributed by atoms with Gasteiger partial charge < -0.3 is 13.9 Å². The van der Waals surface area contributed by atoms with Gasteiger partial charge in [0.25, 0.3) is 0 Å². The average Bonchev–Trinajstić information content (AvgIpc) is 2.96. The Morgan fingerprint density at radius 2 is 2.00 bits per heavy atom. The number of alkyl halides is 3. The fourth-order valence-electron chi connectivity index (χ4n) is 1.82. The lowest BCUT2D eigenvalue weighted by molar-refractivity contribution is -0.274. The molecule has 2 heterocycles. The van der Waals surface area contributed by atoms with Crippen LogP contribution in [0.4, 0.5) is 13.2 Å². The first-order valence-electron chi connectivity index (χ1n) is 6.16. The van der Waals surface area contributed by atoms with Crippen molar-refractivity contribution in [3.63, 3.8) is 0 Å². The van der Waals surface area contributed by atoms with Crippen LogP contribution in [0.1, 0.15) is 5.76 Å². The second-order valence-corrected chi connectivity index (χ2v) is 4.31. The molecule has 0 bridgehead atoms. The molecule has 1 aromatic carbocycles. The van der Waals surface area contributed by atoms with E-state index in [4.69, 9.17) is 9.15 Å². The van der Waals surface area contributed by atoms with E-state index < -0.39 is 6.36 Å². The summed E-state index contributed by atoms with van der Waals surface area (Å²) in [5.74, 6) is 0.571. The Balaban J connectivity index is 1.77. The SMILES string of the molecule is FC(F)(F)Oc1ccc2nc(OCc3cnco3)ccc2c1. The number of aromatic nitrogens is 2. The van der Waals surface area contributed by atoms with Crippen LogP contribution in [-0.2, 0) is 6.61 Å². The zero-order valence-corrected chi connectivity index (χ0v) is 11.0. The van der Waals surface area contributed by atoms with E-state index in [0.29, 0.717) is 22.5 Å². The van der Waals surface area contributed by atoms with E-state index in [1.54, 1.807) is 12.1 Å². The second kappa shape index (κ2) is 5.55. The molecule has 0 unspecified atom stereocenters. The Morgan fingerprint density at radius 3 is 2.73 bits per heavy atom. The molecule has 22 heavy (non-hydrogen) atoms. The number of nitrogens with zero attached hydrogens (tertiary/aromatic N) is 2. The van der Waals surface area contributed by atoms with Gasteiger partial charge in [0.1, 0.15) is 12.4 Å². The molecule has 0 atom stereocenters. The van der Waals surface area contributed by atoms with E-state index in [1.165, 1.54) is 30.8 Å². The number of hydrogen-bond acceptors (Lipinski definition) is 5. The van der Waals surface area contributed by atoms with Gasteiger partial charge in [-0.25, -0.2) is 9.97 Å². The molecule has 0 aliphatic heterocycles. The molecular weight excluding hydrogens is 301 g/mol. The minimum absolute atomic E-state index is 0.160. The fraction of sp³-hybridized carbons (Fsp3) is 0.143. The Hall–Kier alpha value is -2.77. The van der Waals surface area contributed by atoms with Gasteiger partial charge in [-0.3, -0.25) is 0 Å². The number of pyridine rings is 1. The van der Waals surface area contributed by atoms with Gasteiger partial charge in [0, 0.05) is 11.5 Å². The number of hydrogen-bond donors (Lipinski definition) is 0. The first-order chi connectivity index (χ1) is 10.5. The molecule has 0 amide bonds. The summed E-state index contributed by atoms with van der Waals surface area (Å²) in [7, 11) is 0. The number of halogens is 3. The van der Waals surface area contributed by atoms with Crippen molar-refractivity contribution in [1.82, 2.24) is 9.97 Å². The molecule has 0 fully saturated rings. The van der Waals surface area contributed by atoms with Crippen LogP contribution in [0.2, 0.25) is 0 Å². The highest BCUT2D eigenvalue weighted by molar-refractivity contribution is 5.80. The highest BCUT2D eigenvalue weighted by Crippen LogP contribution is 2.27. The maximum Gasteiger partial charge on any atom is 0.573 e. The van der Waals surface area contributed by atoms with E-state index >= 15 is 0 Å². The Bertz CT molecular complexity index is 773. The highest BCUT2D eigenvalue weighted by Gasteiger charge is 2.31. The van der Waals surface area contributed by atoms with Gasteiger partial charge in [-0.05, 0) is 24.3 Å². The van der Waals surface area contributed by atoms with Crippen LogP contribution in [0.3, 0.4) is 0 Å². The van der Waals surface area contributed by atoms with Crippen molar-refractivity contribution in [1.29, 1.82) is 0 Å². The van der Waals surface area contributed by atoms with E-state index in [0.717, 1.165) is 0 Å². The molecule has 0 N–H and O–H groups in total. The molecular formula is C14H9F3N2O3. The van der Waals surface area contributed by atoms with Gasteiger partial charge in [-0.2, -0.15) is 0 Å². The standard InChI is InChI=1S/C14H9F3N2O3/c15-14(16,17)22-10-2-3-12-9(5-10)1-4-13(19-12)20-7-11-6-18-8-21-11/h1-6,8H,7H2. The van der Waals surface area contributed by atoms with E-state index in [1.807, 2.05) is 0 Å². The van der Waals surface area contributed by atoms with Gasteiger partial charge in [0.05, 0.1) is 11.7 Å². The summed E-state index contributed by atoms with van der Waals surface area (Å²) in [5.41, 5.74) is 0.490. The van der Waals surface area contributed by atoms with Gasteiger partial charge in [-0.15, -0.1) is 13.2 Å². The average molecular weight is 310 g/mol. The number of benzene rings is 1. The minimum Gasteiger partial charge on any atom is -0.469 e. The zero-order chi connectivity index (χ0) is 15.6. The summed E-state index contributed by atoms with van der Waals surface area (Å²) in [4.78, 5) is 7.94. The molecule has 0 radical (unpaired) electrons. The molecule has 0 aliphatic rings. The molecule has 0 spiro atoms. The first-order valence-corrected chi connectivity index (χ1v) is 6.16. The van der Waals surface area contributed by atoms with Crippen molar-refractivity contribution in [2.24, 2.45) is 0 Å². The summed E-state index contributed by atoms with van der Waals surface area (Å²) < 4.78 is 50.8. The van der Waals surface area contributed by atoms with Gasteiger partial charge in [-0.1, -0.05) is 0 Å². The summed E-state index contributed by atoms with van der Waals surface area (Å²) in [6.45, 7) is 0.160. The summed E-state index contributed by atoms with van der Waals surface area (Å²) in [6, 6.07) is 7.04. The predicted molar refractivity (Wildman–Crippen MR) is 69.3 cm³/mol. The summed E-state index contributed by atoms with van der Waals surface area (Å²) in [5, 5.41) is 0.508. The second-order valence-electron chi connectivity index (χ2n) is 4.31. The van der Waals surface area contributed by atoms with Crippen molar-refractivity contribution in [2.45, 2.75) is 13.0 Å². The van der Waals surface area contributed by atoms with Crippen molar-refractivity contribution in [3.05, 3.63) is 48.7 Å². The van der Waals surface area contributed by atoms with Crippen LogP contribution in [0.15, 0.2) is 47.3 Å². The number of rotatable bonds is 4. The molecule has 2 aromatic heterocycles. The molecule has 0 saturated heterocycles. The molecule has 0 saturated carbocycles. The smallest absolute Gasteiger partial charge is 0.469 e. The number of ether oxygens (including phenoxy) is 2. The topological polar surface area (TPSA) is 57.4 Å². The highest BCUT2D eigenvalue weighted by atomic mass is 19.4. The third-order valence-corrected chi connectivity index (χ3v) is 2.71. The van der Waals surface area contributed by atoms with Crippen LogP contribution in [-0.4, -0.2) is 16.3 Å². The number of oxazole rings is 1. The maximum absolute atomic E-state index is 12.2. The third-order valence-electron chi connectivity index (χ3n) is 2.71. The molecule has 5 nitrogen and oxygen atoms in total. The Morgan fingerprint density at radius 1 is 1.14 bits per heavy atom. The third kappa shape index (κ3) is 3.46. The quantitative estimate of drug-likeness (QED) is 0.735. The van der Waals surface area contributed by atoms with Crippen LogP contribution >= 0.6 is 0 Å². The molecule has 114 valence electrons. The van der Waals surface area contributed by atoms with Gasteiger partial charge in [0.15, 0.2) is 12.2 Å². The lowest BCUT2D eigenvalue weighted by atomic mass is 10.2. The summed E-state index contributed by atoms with van der Waals surface area (Å²) in [6.07, 6.45) is -1.92. The Kier molecular flexibility index (Phi) is 3.58. The lowest BCUT2D eigenvalue weighted by Crippen LogP contribution is -2.17. The first kappa shape index (κ1) is 14.2. The van der Waals surface area contributed by atoms with Crippen molar-refractivity contribution in [3.8, 4) is 11.6 Å². The lowest BCUT2D eigenvalue weighted by Gasteiger charge is -2.09. The van der Waals surface area contributed by atoms with Crippen molar-refractivity contribution in [2.75, 3.05) is 0 Å². The minimum atomic E-state index is -4.72. The largest absolute Gasteiger partial charge is 0.573 e.